The van der Waals surface area contributed by atoms with Crippen molar-refractivity contribution in [1.82, 2.24) is 10.2 Å². The van der Waals surface area contributed by atoms with Crippen LogP contribution in [0.25, 0.3) is 0 Å². The number of rotatable bonds is 6. The topological polar surface area (TPSA) is 18.5 Å². The van der Waals surface area contributed by atoms with Gasteiger partial charge in [-0.1, -0.05) is 18.2 Å². The van der Waals surface area contributed by atoms with E-state index in [0.29, 0.717) is 6.04 Å². The van der Waals surface area contributed by atoms with Crippen LogP contribution >= 0.6 is 0 Å². The first kappa shape index (κ1) is 14.9. The second-order valence-corrected chi connectivity index (χ2v) is 6.96. The predicted octanol–water partition coefficient (Wildman–Crippen LogP) is 2.89. The van der Waals surface area contributed by atoms with Gasteiger partial charge in [0.1, 0.15) is 0 Å². The zero-order valence-electron chi connectivity index (χ0n) is 13.7. The predicted molar refractivity (Wildman–Crippen MR) is 89.9 cm³/mol. The molecule has 0 unspecified atom stereocenters. The van der Waals surface area contributed by atoms with Crippen molar-refractivity contribution in [2.45, 2.75) is 38.3 Å². The summed E-state index contributed by atoms with van der Waals surface area (Å²) < 4.78 is 0. The summed E-state index contributed by atoms with van der Waals surface area (Å²) >= 11 is 0. The Labute approximate surface area is 129 Å². The van der Waals surface area contributed by atoms with Gasteiger partial charge < -0.3 is 15.1 Å². The molecular weight excluding hydrogens is 258 g/mol. The fraction of sp³-hybridized carbons (Fsp3) is 0.667. The smallest absolute Gasteiger partial charge is 0.0409 e. The lowest BCUT2D eigenvalue weighted by molar-refractivity contribution is 0.310. The van der Waals surface area contributed by atoms with Gasteiger partial charge in [0.2, 0.25) is 0 Å². The summed E-state index contributed by atoms with van der Waals surface area (Å²) in [6.07, 6.45) is 4.24. The first-order valence-corrected chi connectivity index (χ1v) is 8.39. The largest absolute Gasteiger partial charge is 0.377 e. The Hall–Kier alpha value is -1.06. The van der Waals surface area contributed by atoms with E-state index >= 15 is 0 Å². The molecule has 1 heterocycles. The number of anilines is 1. The molecule has 3 heteroatoms. The molecule has 116 valence electrons. The van der Waals surface area contributed by atoms with Crippen LogP contribution in [0.4, 0.5) is 5.69 Å². The van der Waals surface area contributed by atoms with E-state index in [1.54, 1.807) is 0 Å². The van der Waals surface area contributed by atoms with Gasteiger partial charge in [0.15, 0.2) is 0 Å². The minimum Gasteiger partial charge on any atom is -0.377 e. The van der Waals surface area contributed by atoms with Gasteiger partial charge in [-0.3, -0.25) is 0 Å². The van der Waals surface area contributed by atoms with E-state index in [-0.39, 0.29) is 0 Å². The molecular formula is C18H29N3. The highest BCUT2D eigenvalue weighted by Crippen LogP contribution is 2.32. The molecule has 3 nitrogen and oxygen atoms in total. The van der Waals surface area contributed by atoms with Crippen LogP contribution in [-0.4, -0.2) is 44.7 Å². The molecule has 1 N–H and O–H groups in total. The number of benzene rings is 1. The first-order chi connectivity index (χ1) is 10.1. The molecule has 3 rings (SSSR count). The molecule has 1 saturated heterocycles. The highest BCUT2D eigenvalue weighted by atomic mass is 15.2. The molecule has 2 atom stereocenters. The van der Waals surface area contributed by atoms with Gasteiger partial charge in [0, 0.05) is 38.4 Å². The molecule has 1 aromatic rings. The summed E-state index contributed by atoms with van der Waals surface area (Å²) in [4.78, 5) is 4.91. The molecule has 2 fully saturated rings. The molecule has 1 aliphatic heterocycles. The zero-order valence-corrected chi connectivity index (χ0v) is 13.7. The number of para-hydroxylation sites is 1. The fourth-order valence-electron chi connectivity index (χ4n) is 3.51. The maximum absolute atomic E-state index is 3.76. The minimum atomic E-state index is 0.415. The normalized spacial score (nSPS) is 24.2. The first-order valence-electron chi connectivity index (χ1n) is 8.39. The summed E-state index contributed by atoms with van der Waals surface area (Å²) in [6.45, 7) is 6.06. The minimum absolute atomic E-state index is 0.415. The molecule has 1 aliphatic carbocycles. The van der Waals surface area contributed by atoms with Gasteiger partial charge in [-0.05, 0) is 56.8 Å². The number of nitrogens with zero attached hydrogens (tertiary/aromatic N) is 2. The van der Waals surface area contributed by atoms with Crippen molar-refractivity contribution in [1.29, 1.82) is 0 Å². The van der Waals surface area contributed by atoms with Crippen molar-refractivity contribution in [3.63, 3.8) is 0 Å². The molecule has 1 saturated carbocycles. The van der Waals surface area contributed by atoms with Crippen molar-refractivity contribution >= 4 is 5.69 Å². The molecule has 2 aliphatic rings. The lowest BCUT2D eigenvalue weighted by Crippen LogP contribution is -2.29. The summed E-state index contributed by atoms with van der Waals surface area (Å²) in [5, 5.41) is 3.76. The summed E-state index contributed by atoms with van der Waals surface area (Å²) in [6, 6.07) is 10.1. The molecule has 0 amide bonds. The third-order valence-electron chi connectivity index (χ3n) is 4.98. The Morgan fingerprint density at radius 2 is 2.00 bits per heavy atom. The van der Waals surface area contributed by atoms with Crippen LogP contribution in [0.2, 0.25) is 0 Å². The summed E-state index contributed by atoms with van der Waals surface area (Å²) in [5.74, 6) is 0.833. The molecule has 0 spiro atoms. The van der Waals surface area contributed by atoms with Crippen LogP contribution in [0.1, 0.15) is 37.8 Å². The van der Waals surface area contributed by atoms with Crippen molar-refractivity contribution in [3.8, 4) is 0 Å². The molecule has 1 aromatic carbocycles. The Kier molecular flexibility index (Phi) is 4.51. The standard InChI is InChI=1S/C18H29N3/c1-14(17-6-4-5-7-18(17)20(2)3)19-12-15-10-11-21(13-15)16-8-9-16/h4-7,14-16,19H,8-13H2,1-3H3/t14-,15+/m0/s1. The van der Waals surface area contributed by atoms with E-state index in [0.717, 1.165) is 18.5 Å². The summed E-state index contributed by atoms with van der Waals surface area (Å²) in [7, 11) is 4.24. The van der Waals surface area contributed by atoms with Gasteiger partial charge in [-0.15, -0.1) is 0 Å². The van der Waals surface area contributed by atoms with Gasteiger partial charge in [0.25, 0.3) is 0 Å². The summed E-state index contributed by atoms with van der Waals surface area (Å²) in [5.41, 5.74) is 2.73. The highest BCUT2D eigenvalue weighted by Gasteiger charge is 2.34. The Morgan fingerprint density at radius 1 is 1.24 bits per heavy atom. The van der Waals surface area contributed by atoms with Gasteiger partial charge >= 0.3 is 0 Å². The van der Waals surface area contributed by atoms with Crippen molar-refractivity contribution in [3.05, 3.63) is 29.8 Å². The van der Waals surface area contributed by atoms with Gasteiger partial charge in [0.05, 0.1) is 0 Å². The number of likely N-dealkylation sites (tertiary alicyclic amines) is 1. The fourth-order valence-corrected chi connectivity index (χ4v) is 3.51. The monoisotopic (exact) mass is 287 g/mol. The Balaban J connectivity index is 1.53. The van der Waals surface area contributed by atoms with E-state index in [1.807, 2.05) is 0 Å². The maximum Gasteiger partial charge on any atom is 0.0409 e. The van der Waals surface area contributed by atoms with E-state index in [1.165, 1.54) is 43.6 Å². The van der Waals surface area contributed by atoms with E-state index < -0.39 is 0 Å². The van der Waals surface area contributed by atoms with Crippen molar-refractivity contribution < 1.29 is 0 Å². The third kappa shape index (κ3) is 3.58. The Bertz CT molecular complexity index is 467. The van der Waals surface area contributed by atoms with Crippen LogP contribution in [0.3, 0.4) is 0 Å². The molecule has 0 bridgehead atoms. The van der Waals surface area contributed by atoms with Gasteiger partial charge in [-0.2, -0.15) is 0 Å². The lowest BCUT2D eigenvalue weighted by Gasteiger charge is -2.23. The van der Waals surface area contributed by atoms with Crippen LogP contribution in [-0.2, 0) is 0 Å². The molecule has 21 heavy (non-hydrogen) atoms. The van der Waals surface area contributed by atoms with E-state index in [4.69, 9.17) is 0 Å². The second-order valence-electron chi connectivity index (χ2n) is 6.96. The van der Waals surface area contributed by atoms with Crippen LogP contribution in [0, 0.1) is 5.92 Å². The average molecular weight is 287 g/mol. The number of nitrogens with one attached hydrogen (secondary N) is 1. The van der Waals surface area contributed by atoms with Crippen molar-refractivity contribution in [2.24, 2.45) is 5.92 Å². The van der Waals surface area contributed by atoms with Crippen LogP contribution in [0.5, 0.6) is 0 Å². The number of hydrogen-bond donors (Lipinski definition) is 1. The van der Waals surface area contributed by atoms with Crippen molar-refractivity contribution in [2.75, 3.05) is 38.6 Å². The maximum atomic E-state index is 3.76. The molecule has 0 radical (unpaired) electrons. The average Bonchev–Trinajstić information content (AvgIpc) is 3.24. The SMILES string of the molecule is C[C@H](NC[C@H]1CCN(C2CC2)C1)c1ccccc1N(C)C. The lowest BCUT2D eigenvalue weighted by atomic mass is 10.0. The van der Waals surface area contributed by atoms with Crippen LogP contribution in [0.15, 0.2) is 24.3 Å². The van der Waals surface area contributed by atoms with Gasteiger partial charge in [-0.25, -0.2) is 0 Å². The quantitative estimate of drug-likeness (QED) is 0.868. The second kappa shape index (κ2) is 6.37. The zero-order chi connectivity index (χ0) is 14.8. The van der Waals surface area contributed by atoms with E-state index in [2.05, 4.69) is 60.4 Å². The van der Waals surface area contributed by atoms with E-state index in [9.17, 15) is 0 Å². The Morgan fingerprint density at radius 3 is 2.71 bits per heavy atom. The molecule has 0 aromatic heterocycles. The number of hydrogen-bond acceptors (Lipinski definition) is 3. The third-order valence-corrected chi connectivity index (χ3v) is 4.98. The highest BCUT2D eigenvalue weighted by molar-refractivity contribution is 5.53. The van der Waals surface area contributed by atoms with Crippen LogP contribution < -0.4 is 10.2 Å².